The molecule has 1 aromatic heterocycles. The molecule has 2 amide bonds. The predicted molar refractivity (Wildman–Crippen MR) is 102 cm³/mol. The molecule has 2 aliphatic rings. The molecule has 5 rings (SSSR count). The molecule has 28 heavy (non-hydrogen) atoms. The van der Waals surface area contributed by atoms with Gasteiger partial charge in [0.05, 0.1) is 22.2 Å². The Hall–Kier alpha value is -3.48. The number of fused-ring (bicyclic) bond motifs is 1. The maximum atomic E-state index is 13.3. The molecule has 0 unspecified atom stereocenters. The summed E-state index contributed by atoms with van der Waals surface area (Å²) in [6, 6.07) is 10.9. The Labute approximate surface area is 159 Å². The molecule has 140 valence electrons. The highest BCUT2D eigenvalue weighted by Crippen LogP contribution is 2.27. The van der Waals surface area contributed by atoms with Crippen LogP contribution < -0.4 is 5.69 Å². The highest BCUT2D eigenvalue weighted by Gasteiger charge is 2.41. The van der Waals surface area contributed by atoms with Crippen LogP contribution in [0.15, 0.2) is 47.3 Å². The third-order valence-corrected chi connectivity index (χ3v) is 5.65. The Kier molecular flexibility index (Phi) is 3.43. The molecule has 0 bridgehead atoms. The smallest absolute Gasteiger partial charge is 0.291 e. The van der Waals surface area contributed by atoms with Crippen LogP contribution in [0.4, 0.5) is 0 Å². The number of hydrogen-bond donors (Lipinski definition) is 0. The fourth-order valence-corrected chi connectivity index (χ4v) is 4.30. The summed E-state index contributed by atoms with van der Waals surface area (Å²) in [5.74, 6) is -1.60. The molecule has 1 atom stereocenters. The Morgan fingerprint density at radius 1 is 0.964 bits per heavy atom. The largest absolute Gasteiger partial charge is 0.336 e. The van der Waals surface area contributed by atoms with Crippen LogP contribution in [0.3, 0.4) is 0 Å². The summed E-state index contributed by atoms with van der Waals surface area (Å²) >= 11 is 0. The molecule has 2 aliphatic heterocycles. The second kappa shape index (κ2) is 5.76. The highest BCUT2D eigenvalue weighted by molar-refractivity contribution is 6.23. The van der Waals surface area contributed by atoms with Crippen molar-refractivity contribution < 1.29 is 14.4 Å². The normalized spacial score (nSPS) is 16.5. The summed E-state index contributed by atoms with van der Waals surface area (Å²) < 4.78 is 2.72. The molecular weight excluding hydrogens is 358 g/mol. The van der Waals surface area contributed by atoms with Gasteiger partial charge in [0.15, 0.2) is 0 Å². The van der Waals surface area contributed by atoms with Crippen molar-refractivity contribution in [3.05, 3.63) is 69.6 Å². The third kappa shape index (κ3) is 2.04. The lowest BCUT2D eigenvalue weighted by atomic mass is 10.0. The summed E-state index contributed by atoms with van der Waals surface area (Å²) in [6.07, 6.45) is 1.68. The van der Waals surface area contributed by atoms with Gasteiger partial charge in [-0.3, -0.25) is 23.9 Å². The first-order chi connectivity index (χ1) is 13.5. The molecule has 0 N–H and O–H groups in total. The number of imide groups is 1. The zero-order valence-corrected chi connectivity index (χ0v) is 15.2. The summed E-state index contributed by atoms with van der Waals surface area (Å²) in [5.41, 5.74) is 2.46. The Balaban J connectivity index is 1.61. The monoisotopic (exact) mass is 375 g/mol. The van der Waals surface area contributed by atoms with E-state index in [0.717, 1.165) is 33.4 Å². The van der Waals surface area contributed by atoms with Gasteiger partial charge in [-0.15, -0.1) is 0 Å². The Morgan fingerprint density at radius 3 is 2.32 bits per heavy atom. The topological polar surface area (TPSA) is 81.4 Å². The van der Waals surface area contributed by atoms with Gasteiger partial charge in [-0.05, 0) is 43.5 Å². The first kappa shape index (κ1) is 16.7. The van der Waals surface area contributed by atoms with Crippen LogP contribution in [0.2, 0.25) is 0 Å². The molecule has 3 heterocycles. The summed E-state index contributed by atoms with van der Waals surface area (Å²) in [5, 5.41) is 0. The fraction of sp³-hybridized carbons (Fsp3) is 0.238. The van der Waals surface area contributed by atoms with Crippen molar-refractivity contribution in [3.8, 4) is 0 Å². The van der Waals surface area contributed by atoms with Gasteiger partial charge in [-0.2, -0.15) is 0 Å². The van der Waals surface area contributed by atoms with Gasteiger partial charge in [0, 0.05) is 6.54 Å². The van der Waals surface area contributed by atoms with Crippen LogP contribution >= 0.6 is 0 Å². The van der Waals surface area contributed by atoms with E-state index in [4.69, 9.17) is 0 Å². The van der Waals surface area contributed by atoms with Crippen molar-refractivity contribution in [1.29, 1.82) is 0 Å². The number of carbonyl (C=O) groups excluding carboxylic acids is 3. The van der Waals surface area contributed by atoms with Gasteiger partial charge in [0.1, 0.15) is 6.04 Å². The van der Waals surface area contributed by atoms with E-state index < -0.39 is 29.5 Å². The number of aryl methyl sites for hydroxylation is 2. The lowest BCUT2D eigenvalue weighted by Gasteiger charge is -2.21. The molecular formula is C21H17N3O4. The van der Waals surface area contributed by atoms with E-state index in [-0.39, 0.29) is 11.1 Å². The number of benzene rings is 2. The van der Waals surface area contributed by atoms with Gasteiger partial charge in [-0.25, -0.2) is 9.36 Å². The zero-order chi connectivity index (χ0) is 19.6. The molecule has 7 heteroatoms. The average Bonchev–Trinajstić information content (AvgIpc) is 3.14. The van der Waals surface area contributed by atoms with Crippen molar-refractivity contribution in [1.82, 2.24) is 14.0 Å². The van der Waals surface area contributed by atoms with E-state index in [0.29, 0.717) is 12.1 Å². The van der Waals surface area contributed by atoms with Crippen LogP contribution in [-0.4, -0.2) is 37.8 Å². The number of nitrogens with zero attached hydrogens (tertiary/aromatic N) is 3. The van der Waals surface area contributed by atoms with E-state index in [9.17, 15) is 19.2 Å². The maximum Gasteiger partial charge on any atom is 0.336 e. The van der Waals surface area contributed by atoms with Crippen molar-refractivity contribution in [2.45, 2.75) is 32.4 Å². The van der Waals surface area contributed by atoms with Gasteiger partial charge in [0.2, 0.25) is 0 Å². The minimum atomic E-state index is -1.09. The van der Waals surface area contributed by atoms with Gasteiger partial charge < -0.3 is 0 Å². The molecule has 0 fully saturated rings. The van der Waals surface area contributed by atoms with Gasteiger partial charge >= 0.3 is 5.69 Å². The van der Waals surface area contributed by atoms with E-state index in [2.05, 4.69) is 0 Å². The van der Waals surface area contributed by atoms with Crippen molar-refractivity contribution in [2.24, 2.45) is 0 Å². The SMILES string of the molecule is C[C@H](C(=O)n1c(=O)n2c3c(cccc31)CCC2)N1C(=O)c2ccccc2C1=O. The van der Waals surface area contributed by atoms with Crippen LogP contribution in [0.1, 0.15) is 44.4 Å². The molecule has 0 radical (unpaired) electrons. The number of para-hydroxylation sites is 1. The standard InChI is InChI=1S/C21H17N3O4/c1-12(23-19(26)14-8-2-3-9-15(14)20(23)27)18(25)24-16-10-4-6-13-7-5-11-22(17(13)16)21(24)28/h2-4,6,8-10,12H,5,7,11H2,1H3/t12-/m1/s1. The lowest BCUT2D eigenvalue weighted by molar-refractivity contribution is 0.0529. The Bertz CT molecular complexity index is 1220. The quantitative estimate of drug-likeness (QED) is 0.642. The molecule has 0 spiro atoms. The zero-order valence-electron chi connectivity index (χ0n) is 15.2. The summed E-state index contributed by atoms with van der Waals surface area (Å²) in [6.45, 7) is 2.04. The second-order valence-electron chi connectivity index (χ2n) is 7.20. The van der Waals surface area contributed by atoms with Crippen LogP contribution in [0, 0.1) is 0 Å². The van der Waals surface area contributed by atoms with E-state index in [1.54, 1.807) is 34.9 Å². The number of carbonyl (C=O) groups is 3. The number of rotatable bonds is 2. The van der Waals surface area contributed by atoms with Crippen LogP contribution in [0.5, 0.6) is 0 Å². The maximum absolute atomic E-state index is 13.3. The molecule has 3 aromatic rings. The average molecular weight is 375 g/mol. The number of imidazole rings is 1. The highest BCUT2D eigenvalue weighted by atomic mass is 16.2. The lowest BCUT2D eigenvalue weighted by Crippen LogP contribution is -2.47. The molecule has 0 aliphatic carbocycles. The number of amides is 2. The van der Waals surface area contributed by atoms with Crippen molar-refractivity contribution in [3.63, 3.8) is 0 Å². The summed E-state index contributed by atoms with van der Waals surface area (Å²) in [4.78, 5) is 52.6. The predicted octanol–water partition coefficient (Wildman–Crippen LogP) is 2.07. The van der Waals surface area contributed by atoms with Crippen LogP contribution in [-0.2, 0) is 13.0 Å². The summed E-state index contributed by atoms with van der Waals surface area (Å²) in [7, 11) is 0. The molecule has 7 nitrogen and oxygen atoms in total. The molecule has 0 saturated carbocycles. The molecule has 2 aromatic carbocycles. The first-order valence-corrected chi connectivity index (χ1v) is 9.25. The molecule has 0 saturated heterocycles. The van der Waals surface area contributed by atoms with Crippen molar-refractivity contribution in [2.75, 3.05) is 0 Å². The third-order valence-electron chi connectivity index (χ3n) is 5.65. The first-order valence-electron chi connectivity index (χ1n) is 9.25. The Morgan fingerprint density at radius 2 is 1.64 bits per heavy atom. The minimum absolute atomic E-state index is 0.280. The van der Waals surface area contributed by atoms with Crippen LogP contribution in [0.25, 0.3) is 11.0 Å². The number of hydrogen-bond acceptors (Lipinski definition) is 4. The van der Waals surface area contributed by atoms with Crippen molar-refractivity contribution >= 4 is 28.8 Å². The van der Waals surface area contributed by atoms with E-state index in [1.807, 2.05) is 12.1 Å². The van der Waals surface area contributed by atoms with Gasteiger partial charge in [-0.1, -0.05) is 24.3 Å². The minimum Gasteiger partial charge on any atom is -0.291 e. The van der Waals surface area contributed by atoms with Gasteiger partial charge in [0.25, 0.3) is 17.7 Å². The number of aromatic nitrogens is 2. The second-order valence-corrected chi connectivity index (χ2v) is 7.20. The fourth-order valence-electron chi connectivity index (χ4n) is 4.30. The van der Waals surface area contributed by atoms with E-state index >= 15 is 0 Å². The van der Waals surface area contributed by atoms with E-state index in [1.165, 1.54) is 6.92 Å².